The second-order valence-electron chi connectivity index (χ2n) is 3.41. The minimum Gasteiger partial charge on any atom is -0.310 e. The number of rotatable bonds is 2. The van der Waals surface area contributed by atoms with E-state index in [-0.39, 0.29) is 11.3 Å². The molecule has 0 aliphatic carbocycles. The number of carbonyl (C=O) groups excluding carboxylic acids is 1. The second-order valence-corrected chi connectivity index (χ2v) is 3.41. The van der Waals surface area contributed by atoms with Crippen molar-refractivity contribution >= 4 is 17.4 Å². The number of aromatic amines is 1. The molecular weight excluding hydrogens is 206 g/mol. The van der Waals surface area contributed by atoms with Crippen LogP contribution < -0.4 is 5.56 Å². The first-order chi connectivity index (χ1) is 7.65. The predicted molar refractivity (Wildman–Crippen MR) is 60.5 cm³/mol. The molecule has 0 aliphatic heterocycles. The van der Waals surface area contributed by atoms with E-state index in [1.54, 1.807) is 18.2 Å². The van der Waals surface area contributed by atoms with Gasteiger partial charge in [0, 0.05) is 5.56 Å². The lowest BCUT2D eigenvalue weighted by molar-refractivity contribution is 0.101. The summed E-state index contributed by atoms with van der Waals surface area (Å²) in [6.07, 6.45) is 4.87. The molecule has 0 fully saturated rings. The Morgan fingerprint density at radius 1 is 1.56 bits per heavy atom. The van der Waals surface area contributed by atoms with Crippen LogP contribution in [0.2, 0.25) is 0 Å². The summed E-state index contributed by atoms with van der Waals surface area (Å²) in [7, 11) is 0. The van der Waals surface area contributed by atoms with Crippen molar-refractivity contribution in [3.05, 3.63) is 40.1 Å². The Labute approximate surface area is 91.4 Å². The summed E-state index contributed by atoms with van der Waals surface area (Å²) in [5.41, 5.74) is 1.26. The van der Waals surface area contributed by atoms with Gasteiger partial charge in [0.05, 0.1) is 5.69 Å². The maximum atomic E-state index is 11.5. The van der Waals surface area contributed by atoms with Gasteiger partial charge < -0.3 is 4.98 Å². The molecule has 82 valence electrons. The fourth-order valence-electron chi connectivity index (χ4n) is 1.62. The van der Waals surface area contributed by atoms with E-state index in [0.29, 0.717) is 16.8 Å². The average Bonchev–Trinajstić information content (AvgIpc) is 2.60. The van der Waals surface area contributed by atoms with E-state index in [0.717, 1.165) is 0 Å². The molecule has 0 aromatic carbocycles. The molecule has 0 unspecified atom stereocenters. The van der Waals surface area contributed by atoms with E-state index < -0.39 is 0 Å². The minimum atomic E-state index is -0.256. The van der Waals surface area contributed by atoms with Crippen molar-refractivity contribution in [2.45, 2.75) is 13.8 Å². The van der Waals surface area contributed by atoms with Gasteiger partial charge in [0.1, 0.15) is 11.8 Å². The van der Waals surface area contributed by atoms with Gasteiger partial charge in [-0.05, 0) is 26.0 Å². The number of carbonyl (C=O) groups is 1. The molecule has 0 saturated carbocycles. The molecule has 0 aliphatic rings. The Hall–Kier alpha value is -2.17. The van der Waals surface area contributed by atoms with Crippen molar-refractivity contribution in [1.82, 2.24) is 14.6 Å². The zero-order valence-electron chi connectivity index (χ0n) is 9.02. The molecule has 16 heavy (non-hydrogen) atoms. The number of allylic oxidation sites excluding steroid dienone is 1. The van der Waals surface area contributed by atoms with Crippen LogP contribution in [0.25, 0.3) is 11.6 Å². The Bertz CT molecular complexity index is 634. The molecule has 2 heterocycles. The van der Waals surface area contributed by atoms with Gasteiger partial charge in [-0.2, -0.15) is 5.10 Å². The van der Waals surface area contributed by atoms with E-state index in [1.807, 2.05) is 6.92 Å². The molecular formula is C11H11N3O2. The summed E-state index contributed by atoms with van der Waals surface area (Å²) in [6.45, 7) is 3.31. The first-order valence-electron chi connectivity index (χ1n) is 4.88. The van der Waals surface area contributed by atoms with E-state index >= 15 is 0 Å². The Morgan fingerprint density at radius 2 is 2.31 bits per heavy atom. The Balaban J connectivity index is 2.91. The van der Waals surface area contributed by atoms with E-state index in [2.05, 4.69) is 10.1 Å². The topological polar surface area (TPSA) is 67.2 Å². The van der Waals surface area contributed by atoms with E-state index in [4.69, 9.17) is 0 Å². The van der Waals surface area contributed by atoms with Gasteiger partial charge in [0.25, 0.3) is 5.56 Å². The van der Waals surface area contributed by atoms with Crippen LogP contribution in [0.4, 0.5) is 0 Å². The fraction of sp³-hybridized carbons (Fsp3) is 0.182. The van der Waals surface area contributed by atoms with Crippen LogP contribution in [0.3, 0.4) is 0 Å². The third kappa shape index (κ3) is 1.46. The fourth-order valence-corrected chi connectivity index (χ4v) is 1.62. The molecule has 2 aromatic rings. The lowest BCUT2D eigenvalue weighted by atomic mass is 10.1. The molecule has 2 rings (SSSR count). The lowest BCUT2D eigenvalue weighted by Gasteiger charge is -1.96. The van der Waals surface area contributed by atoms with E-state index in [1.165, 1.54) is 17.8 Å². The quantitative estimate of drug-likeness (QED) is 0.770. The number of fused-ring (bicyclic) bond motifs is 1. The van der Waals surface area contributed by atoms with Gasteiger partial charge in [-0.3, -0.25) is 9.59 Å². The summed E-state index contributed by atoms with van der Waals surface area (Å²) >= 11 is 0. The van der Waals surface area contributed by atoms with Crippen molar-refractivity contribution in [1.29, 1.82) is 0 Å². The third-order valence-electron chi connectivity index (χ3n) is 2.32. The van der Waals surface area contributed by atoms with Crippen LogP contribution in [0.5, 0.6) is 0 Å². The summed E-state index contributed by atoms with van der Waals surface area (Å²) in [5, 5.41) is 4.02. The van der Waals surface area contributed by atoms with Crippen LogP contribution in [-0.2, 0) is 0 Å². The van der Waals surface area contributed by atoms with Crippen molar-refractivity contribution < 1.29 is 4.79 Å². The zero-order chi connectivity index (χ0) is 11.7. The summed E-state index contributed by atoms with van der Waals surface area (Å²) in [5.74, 6) is -0.0852. The highest BCUT2D eigenvalue weighted by Crippen LogP contribution is 2.15. The summed E-state index contributed by atoms with van der Waals surface area (Å²) in [6, 6.07) is 1.56. The molecule has 0 bridgehead atoms. The zero-order valence-corrected chi connectivity index (χ0v) is 9.02. The van der Waals surface area contributed by atoms with Gasteiger partial charge >= 0.3 is 0 Å². The lowest BCUT2D eigenvalue weighted by Crippen LogP contribution is -2.10. The number of nitrogens with zero attached hydrogens (tertiary/aromatic N) is 2. The molecule has 1 N–H and O–H groups in total. The monoisotopic (exact) mass is 217 g/mol. The van der Waals surface area contributed by atoms with Crippen LogP contribution in [0.15, 0.2) is 23.3 Å². The van der Waals surface area contributed by atoms with Crippen molar-refractivity contribution in [3.8, 4) is 0 Å². The molecule has 0 atom stereocenters. The largest absolute Gasteiger partial charge is 0.310 e. The molecule has 2 aromatic heterocycles. The summed E-state index contributed by atoms with van der Waals surface area (Å²) in [4.78, 5) is 25.4. The first kappa shape index (κ1) is 10.4. The number of nitrogens with one attached hydrogen (secondary N) is 1. The molecule has 5 heteroatoms. The standard InChI is InChI=1S/C11H11N3O2/c1-3-4-9-8(7(2)15)5-10-11(16)12-6-13-14(9)10/h3-6H,1-2H3,(H,12,13,16). The van der Waals surface area contributed by atoms with Crippen LogP contribution >= 0.6 is 0 Å². The Morgan fingerprint density at radius 3 is 2.94 bits per heavy atom. The van der Waals surface area contributed by atoms with Crippen LogP contribution in [0, 0.1) is 0 Å². The van der Waals surface area contributed by atoms with Crippen LogP contribution in [-0.4, -0.2) is 20.4 Å². The Kier molecular flexibility index (Phi) is 2.44. The highest BCUT2D eigenvalue weighted by Gasteiger charge is 2.13. The van der Waals surface area contributed by atoms with Gasteiger partial charge in [-0.1, -0.05) is 6.08 Å². The predicted octanol–water partition coefficient (Wildman–Crippen LogP) is 1.26. The van der Waals surface area contributed by atoms with Gasteiger partial charge in [-0.15, -0.1) is 0 Å². The molecule has 0 amide bonds. The number of ketones is 1. The molecule has 0 spiro atoms. The number of hydrogen-bond acceptors (Lipinski definition) is 3. The van der Waals surface area contributed by atoms with Crippen molar-refractivity contribution in [3.63, 3.8) is 0 Å². The molecule has 0 radical (unpaired) electrons. The maximum Gasteiger partial charge on any atom is 0.275 e. The normalized spacial score (nSPS) is 11.4. The van der Waals surface area contributed by atoms with Gasteiger partial charge in [-0.25, -0.2) is 4.52 Å². The summed E-state index contributed by atoms with van der Waals surface area (Å²) < 4.78 is 1.47. The van der Waals surface area contributed by atoms with Gasteiger partial charge in [0.2, 0.25) is 0 Å². The molecule has 0 saturated heterocycles. The average molecular weight is 217 g/mol. The number of hydrogen-bond donors (Lipinski definition) is 1. The van der Waals surface area contributed by atoms with Gasteiger partial charge in [0.15, 0.2) is 5.78 Å². The number of aromatic nitrogens is 3. The molecule has 5 nitrogen and oxygen atoms in total. The smallest absolute Gasteiger partial charge is 0.275 e. The highest BCUT2D eigenvalue weighted by molar-refractivity contribution is 5.99. The van der Waals surface area contributed by atoms with Crippen molar-refractivity contribution in [2.75, 3.05) is 0 Å². The van der Waals surface area contributed by atoms with E-state index in [9.17, 15) is 9.59 Å². The highest BCUT2D eigenvalue weighted by atomic mass is 16.1. The second kappa shape index (κ2) is 3.77. The first-order valence-corrected chi connectivity index (χ1v) is 4.88. The minimum absolute atomic E-state index is 0.0852. The third-order valence-corrected chi connectivity index (χ3v) is 2.32. The van der Waals surface area contributed by atoms with Crippen molar-refractivity contribution in [2.24, 2.45) is 0 Å². The number of H-pyrrole nitrogens is 1. The van der Waals surface area contributed by atoms with Crippen LogP contribution in [0.1, 0.15) is 29.9 Å². The number of Topliss-reactive ketones (excluding diaryl/α,β-unsaturated/α-hetero) is 1. The maximum absolute atomic E-state index is 11.5. The SMILES string of the molecule is CC=Cc1c(C(C)=O)cc2c(=O)[nH]cnn12.